The molecule has 20 heavy (non-hydrogen) atoms. The van der Waals surface area contributed by atoms with Gasteiger partial charge in [-0.05, 0) is 24.1 Å². The van der Waals surface area contributed by atoms with Crippen molar-refractivity contribution in [1.82, 2.24) is 4.98 Å². The zero-order chi connectivity index (χ0) is 14.5. The Morgan fingerprint density at radius 2 is 2.05 bits per heavy atom. The molecule has 0 aliphatic carbocycles. The molecule has 2 aromatic rings. The van der Waals surface area contributed by atoms with Crippen LogP contribution in [0.1, 0.15) is 16.7 Å². The first-order valence-corrected chi connectivity index (χ1v) is 7.62. The lowest BCUT2D eigenvalue weighted by Gasteiger charge is -2.21. The van der Waals surface area contributed by atoms with Crippen LogP contribution in [0.2, 0.25) is 0 Å². The smallest absolute Gasteiger partial charge is 0.131 e. The second kappa shape index (κ2) is 6.75. The number of ether oxygens (including phenoxy) is 1. The predicted octanol–water partition coefficient (Wildman–Crippen LogP) is 3.93. The molecule has 0 aliphatic heterocycles. The Kier molecular flexibility index (Phi) is 5.01. The summed E-state index contributed by atoms with van der Waals surface area (Å²) in [5.41, 5.74) is 3.53. The number of hydrogen-bond donors (Lipinski definition) is 0. The van der Waals surface area contributed by atoms with Gasteiger partial charge in [0.2, 0.25) is 0 Å². The first-order valence-electron chi connectivity index (χ1n) is 6.50. The SMILES string of the molecule is COc1ccccc1CN(C)c1ncc(CBr)cc1C. The molecule has 0 fully saturated rings. The standard InChI is InChI=1S/C16H19BrN2O/c1-12-8-13(9-17)10-18-16(12)19(2)11-14-6-4-5-7-15(14)20-3/h4-8,10H,9,11H2,1-3H3. The van der Waals surface area contributed by atoms with E-state index in [0.29, 0.717) is 0 Å². The minimum absolute atomic E-state index is 0.769. The number of nitrogens with zero attached hydrogens (tertiary/aromatic N) is 2. The fraction of sp³-hybridized carbons (Fsp3) is 0.312. The first kappa shape index (κ1) is 14.9. The van der Waals surface area contributed by atoms with E-state index in [1.807, 2.05) is 24.4 Å². The zero-order valence-corrected chi connectivity index (χ0v) is 13.6. The summed E-state index contributed by atoms with van der Waals surface area (Å²) < 4.78 is 5.40. The quantitative estimate of drug-likeness (QED) is 0.774. The van der Waals surface area contributed by atoms with Gasteiger partial charge in [-0.1, -0.05) is 40.2 Å². The second-order valence-electron chi connectivity index (χ2n) is 4.79. The Morgan fingerprint density at radius 3 is 2.70 bits per heavy atom. The fourth-order valence-corrected chi connectivity index (χ4v) is 2.57. The minimum atomic E-state index is 0.769. The summed E-state index contributed by atoms with van der Waals surface area (Å²) in [5, 5.41) is 0.831. The second-order valence-corrected chi connectivity index (χ2v) is 5.35. The maximum Gasteiger partial charge on any atom is 0.131 e. The summed E-state index contributed by atoms with van der Waals surface area (Å²) in [6.07, 6.45) is 1.91. The number of para-hydroxylation sites is 1. The summed E-state index contributed by atoms with van der Waals surface area (Å²) in [4.78, 5) is 6.70. The zero-order valence-electron chi connectivity index (χ0n) is 12.1. The van der Waals surface area contributed by atoms with Crippen molar-refractivity contribution in [3.63, 3.8) is 0 Å². The van der Waals surface area contributed by atoms with E-state index in [1.165, 1.54) is 11.1 Å². The molecule has 1 aromatic heterocycles. The Hall–Kier alpha value is -1.55. The number of aryl methyl sites for hydroxylation is 1. The maximum atomic E-state index is 5.40. The molecule has 0 aliphatic rings. The summed E-state index contributed by atoms with van der Waals surface area (Å²) in [6, 6.07) is 10.2. The number of halogens is 1. The van der Waals surface area contributed by atoms with Crippen molar-refractivity contribution in [2.45, 2.75) is 18.8 Å². The molecule has 4 heteroatoms. The molecule has 0 amide bonds. The number of pyridine rings is 1. The summed E-state index contributed by atoms with van der Waals surface area (Å²) >= 11 is 3.46. The topological polar surface area (TPSA) is 25.4 Å². The molecule has 1 heterocycles. The van der Waals surface area contributed by atoms with Gasteiger partial charge < -0.3 is 9.64 Å². The highest BCUT2D eigenvalue weighted by atomic mass is 79.9. The first-order chi connectivity index (χ1) is 9.65. The Labute approximate surface area is 128 Å². The van der Waals surface area contributed by atoms with Crippen LogP contribution in [0.5, 0.6) is 5.75 Å². The molecule has 0 N–H and O–H groups in total. The Balaban J connectivity index is 2.21. The van der Waals surface area contributed by atoms with Crippen LogP contribution >= 0.6 is 15.9 Å². The largest absolute Gasteiger partial charge is 0.496 e. The maximum absolute atomic E-state index is 5.40. The van der Waals surface area contributed by atoms with Crippen molar-refractivity contribution < 1.29 is 4.74 Å². The van der Waals surface area contributed by atoms with Crippen LogP contribution in [-0.4, -0.2) is 19.1 Å². The number of hydrogen-bond acceptors (Lipinski definition) is 3. The van der Waals surface area contributed by atoms with Gasteiger partial charge in [0.1, 0.15) is 11.6 Å². The van der Waals surface area contributed by atoms with E-state index in [2.05, 4.69) is 51.9 Å². The lowest BCUT2D eigenvalue weighted by Crippen LogP contribution is -2.19. The van der Waals surface area contributed by atoms with E-state index in [4.69, 9.17) is 4.74 Å². The summed E-state index contributed by atoms with van der Waals surface area (Å²) in [6.45, 7) is 2.86. The number of benzene rings is 1. The van der Waals surface area contributed by atoms with Crippen LogP contribution in [0.3, 0.4) is 0 Å². The molecule has 3 nitrogen and oxygen atoms in total. The van der Waals surface area contributed by atoms with Crippen molar-refractivity contribution in [3.05, 3.63) is 53.2 Å². The van der Waals surface area contributed by atoms with Gasteiger partial charge in [-0.15, -0.1) is 0 Å². The van der Waals surface area contributed by atoms with Gasteiger partial charge in [-0.25, -0.2) is 4.98 Å². The Morgan fingerprint density at radius 1 is 1.30 bits per heavy atom. The van der Waals surface area contributed by atoms with Crippen LogP contribution in [0.25, 0.3) is 0 Å². The molecular formula is C16H19BrN2O. The highest BCUT2D eigenvalue weighted by Crippen LogP contribution is 2.23. The van der Waals surface area contributed by atoms with Crippen LogP contribution in [0.15, 0.2) is 36.5 Å². The molecule has 0 saturated carbocycles. The molecule has 0 bridgehead atoms. The highest BCUT2D eigenvalue weighted by Gasteiger charge is 2.10. The van der Waals surface area contributed by atoms with E-state index in [9.17, 15) is 0 Å². The molecular weight excluding hydrogens is 316 g/mol. The molecule has 0 unspecified atom stereocenters. The molecule has 0 saturated heterocycles. The van der Waals surface area contributed by atoms with Crippen LogP contribution in [-0.2, 0) is 11.9 Å². The van der Waals surface area contributed by atoms with E-state index in [0.717, 1.165) is 29.0 Å². The summed E-state index contributed by atoms with van der Waals surface area (Å²) in [5.74, 6) is 1.91. The molecule has 106 valence electrons. The van der Waals surface area contributed by atoms with Gasteiger partial charge in [0, 0.05) is 30.7 Å². The molecule has 0 radical (unpaired) electrons. The number of alkyl halides is 1. The third-order valence-corrected chi connectivity index (χ3v) is 3.87. The van der Waals surface area contributed by atoms with Gasteiger partial charge in [0.15, 0.2) is 0 Å². The molecule has 0 spiro atoms. The fourth-order valence-electron chi connectivity index (χ4n) is 2.26. The molecule has 0 atom stereocenters. The van der Waals surface area contributed by atoms with E-state index in [1.54, 1.807) is 7.11 Å². The third-order valence-electron chi connectivity index (χ3n) is 3.22. The van der Waals surface area contributed by atoms with Crippen LogP contribution in [0.4, 0.5) is 5.82 Å². The van der Waals surface area contributed by atoms with Gasteiger partial charge in [0.25, 0.3) is 0 Å². The highest BCUT2D eigenvalue weighted by molar-refractivity contribution is 9.08. The van der Waals surface area contributed by atoms with Gasteiger partial charge >= 0.3 is 0 Å². The monoisotopic (exact) mass is 334 g/mol. The average Bonchev–Trinajstić information content (AvgIpc) is 2.47. The lowest BCUT2D eigenvalue weighted by atomic mass is 10.1. The van der Waals surface area contributed by atoms with Crippen molar-refractivity contribution in [1.29, 1.82) is 0 Å². The lowest BCUT2D eigenvalue weighted by molar-refractivity contribution is 0.409. The number of rotatable bonds is 5. The van der Waals surface area contributed by atoms with E-state index < -0.39 is 0 Å². The van der Waals surface area contributed by atoms with Gasteiger partial charge in [-0.2, -0.15) is 0 Å². The van der Waals surface area contributed by atoms with Crippen molar-refractivity contribution in [2.24, 2.45) is 0 Å². The van der Waals surface area contributed by atoms with Gasteiger partial charge in [0.05, 0.1) is 7.11 Å². The number of anilines is 1. The van der Waals surface area contributed by atoms with E-state index >= 15 is 0 Å². The predicted molar refractivity (Wildman–Crippen MR) is 86.7 cm³/mol. The van der Waals surface area contributed by atoms with Crippen molar-refractivity contribution in [3.8, 4) is 5.75 Å². The Bertz CT molecular complexity index is 586. The number of methoxy groups -OCH3 is 1. The van der Waals surface area contributed by atoms with Crippen LogP contribution < -0.4 is 9.64 Å². The van der Waals surface area contributed by atoms with Crippen molar-refractivity contribution in [2.75, 3.05) is 19.1 Å². The average molecular weight is 335 g/mol. The number of aromatic nitrogens is 1. The van der Waals surface area contributed by atoms with E-state index in [-0.39, 0.29) is 0 Å². The van der Waals surface area contributed by atoms with Gasteiger partial charge in [-0.3, -0.25) is 0 Å². The summed E-state index contributed by atoms with van der Waals surface area (Å²) in [7, 11) is 3.75. The third kappa shape index (κ3) is 3.31. The van der Waals surface area contributed by atoms with Crippen LogP contribution in [0, 0.1) is 6.92 Å². The molecule has 2 rings (SSSR count). The van der Waals surface area contributed by atoms with Crippen molar-refractivity contribution >= 4 is 21.7 Å². The normalized spacial score (nSPS) is 10.4. The minimum Gasteiger partial charge on any atom is -0.496 e. The molecule has 1 aromatic carbocycles.